The zero-order chi connectivity index (χ0) is 19.2. The normalized spacial score (nSPS) is 11.5. The van der Waals surface area contributed by atoms with Crippen LogP contribution in [0.15, 0.2) is 54.2 Å². The van der Waals surface area contributed by atoms with E-state index in [1.165, 1.54) is 42.8 Å². The van der Waals surface area contributed by atoms with E-state index in [2.05, 4.69) is 15.3 Å². The monoisotopic (exact) mass is 383 g/mol. The van der Waals surface area contributed by atoms with Crippen molar-refractivity contribution in [3.63, 3.8) is 0 Å². The van der Waals surface area contributed by atoms with E-state index in [0.29, 0.717) is 22.1 Å². The first-order chi connectivity index (χ1) is 13.1. The highest BCUT2D eigenvalue weighted by Crippen LogP contribution is 2.31. The summed E-state index contributed by atoms with van der Waals surface area (Å²) in [5, 5.41) is 4.89. The number of esters is 1. The van der Waals surface area contributed by atoms with Crippen LogP contribution >= 0.6 is 11.3 Å². The largest absolute Gasteiger partial charge is 0.496 e. The maximum absolute atomic E-state index is 12.3. The number of amides is 1. The molecule has 0 bridgehead atoms. The molecule has 0 aliphatic carbocycles. The van der Waals surface area contributed by atoms with Crippen LogP contribution in [0, 0.1) is 0 Å². The molecule has 3 rings (SSSR count). The van der Waals surface area contributed by atoms with Crippen molar-refractivity contribution < 1.29 is 19.1 Å². The Hall–Kier alpha value is -3.26. The molecule has 0 saturated carbocycles. The van der Waals surface area contributed by atoms with E-state index >= 15 is 0 Å². The minimum Gasteiger partial charge on any atom is -0.496 e. The highest BCUT2D eigenvalue weighted by Gasteiger charge is 2.20. The molecule has 0 fully saturated rings. The highest BCUT2D eigenvalue weighted by molar-refractivity contribution is 7.14. The van der Waals surface area contributed by atoms with Gasteiger partial charge in [-0.2, -0.15) is 0 Å². The summed E-state index contributed by atoms with van der Waals surface area (Å²) in [5.74, 6) is -0.354. The first-order valence-electron chi connectivity index (χ1n) is 8.09. The molecule has 0 spiro atoms. The van der Waals surface area contributed by atoms with E-state index in [4.69, 9.17) is 9.47 Å². The van der Waals surface area contributed by atoms with Crippen molar-refractivity contribution in [1.29, 1.82) is 0 Å². The molecule has 1 atom stereocenters. The molecule has 7 nitrogen and oxygen atoms in total. The van der Waals surface area contributed by atoms with Crippen LogP contribution in [0.4, 0.5) is 5.13 Å². The maximum atomic E-state index is 12.3. The average Bonchev–Trinajstić information content (AvgIpc) is 3.16. The lowest BCUT2D eigenvalue weighted by molar-refractivity contribution is -0.123. The van der Waals surface area contributed by atoms with E-state index in [-0.39, 0.29) is 0 Å². The summed E-state index contributed by atoms with van der Waals surface area (Å²) >= 11 is 1.28. The van der Waals surface area contributed by atoms with Crippen LogP contribution in [0.2, 0.25) is 0 Å². The van der Waals surface area contributed by atoms with Gasteiger partial charge in [0, 0.05) is 23.3 Å². The molecule has 0 radical (unpaired) electrons. The summed E-state index contributed by atoms with van der Waals surface area (Å²) in [6.45, 7) is 1.50. The second-order valence-corrected chi connectivity index (χ2v) is 6.37. The number of benzene rings is 1. The van der Waals surface area contributed by atoms with Gasteiger partial charge in [0.1, 0.15) is 5.75 Å². The molecule has 2 heterocycles. The van der Waals surface area contributed by atoms with Gasteiger partial charge in [0.25, 0.3) is 5.91 Å². The van der Waals surface area contributed by atoms with Gasteiger partial charge in [-0.15, -0.1) is 11.3 Å². The first-order valence-corrected chi connectivity index (χ1v) is 8.97. The van der Waals surface area contributed by atoms with E-state index in [1.54, 1.807) is 7.11 Å². The summed E-state index contributed by atoms with van der Waals surface area (Å²) in [7, 11) is 1.59. The predicted molar refractivity (Wildman–Crippen MR) is 102 cm³/mol. The number of anilines is 1. The number of aromatic nitrogens is 2. The van der Waals surface area contributed by atoms with Crippen LogP contribution in [0.25, 0.3) is 11.3 Å². The molecule has 0 saturated heterocycles. The lowest BCUT2D eigenvalue weighted by Gasteiger charge is -2.12. The lowest BCUT2D eigenvalue weighted by Crippen LogP contribution is -2.29. The lowest BCUT2D eigenvalue weighted by atomic mass is 10.1. The van der Waals surface area contributed by atoms with Crippen LogP contribution in [0.3, 0.4) is 0 Å². The number of nitrogens with one attached hydrogen (secondary N) is 1. The smallest absolute Gasteiger partial charge is 0.339 e. The Morgan fingerprint density at radius 1 is 1.15 bits per heavy atom. The van der Waals surface area contributed by atoms with Gasteiger partial charge in [0.2, 0.25) is 0 Å². The number of ether oxygens (including phenoxy) is 2. The molecule has 1 unspecified atom stereocenters. The second kappa shape index (κ2) is 8.41. The number of para-hydroxylation sites is 1. The fraction of sp³-hybridized carbons (Fsp3) is 0.158. The maximum Gasteiger partial charge on any atom is 0.339 e. The molecule has 8 heteroatoms. The Kier molecular flexibility index (Phi) is 5.77. The molecular weight excluding hydrogens is 366 g/mol. The van der Waals surface area contributed by atoms with Gasteiger partial charge in [0.05, 0.1) is 18.4 Å². The second-order valence-electron chi connectivity index (χ2n) is 5.51. The summed E-state index contributed by atoms with van der Waals surface area (Å²) in [6, 6.07) is 10.5. The number of thiazole rings is 1. The van der Waals surface area contributed by atoms with E-state index < -0.39 is 18.0 Å². The SMILES string of the molecule is COc1ccccc1-c1csc(NC(=O)C(C)OC(=O)c2ccncc2)n1. The third-order valence-electron chi connectivity index (χ3n) is 3.69. The molecule has 2 aromatic heterocycles. The van der Waals surface area contributed by atoms with Gasteiger partial charge in [-0.3, -0.25) is 15.1 Å². The number of rotatable bonds is 6. The predicted octanol–water partition coefficient (Wildman–Crippen LogP) is 3.40. The third kappa shape index (κ3) is 4.48. The molecule has 3 aromatic rings. The number of nitrogens with zero attached hydrogens (tertiary/aromatic N) is 2. The van der Waals surface area contributed by atoms with Crippen LogP contribution in [-0.4, -0.2) is 35.1 Å². The number of carbonyl (C=O) groups is 2. The summed E-state index contributed by atoms with van der Waals surface area (Å²) in [4.78, 5) is 32.5. The molecule has 1 aromatic carbocycles. The number of carbonyl (C=O) groups excluding carboxylic acids is 2. The first kappa shape index (κ1) is 18.5. The summed E-state index contributed by atoms with van der Waals surface area (Å²) < 4.78 is 10.5. The number of pyridine rings is 1. The van der Waals surface area contributed by atoms with Gasteiger partial charge < -0.3 is 9.47 Å². The Morgan fingerprint density at radius 3 is 2.63 bits per heavy atom. The fourth-order valence-corrected chi connectivity index (χ4v) is 3.00. The fourth-order valence-electron chi connectivity index (χ4n) is 2.29. The van der Waals surface area contributed by atoms with Gasteiger partial charge >= 0.3 is 5.97 Å². The molecule has 0 aliphatic heterocycles. The molecule has 1 amide bonds. The van der Waals surface area contributed by atoms with E-state index in [9.17, 15) is 9.59 Å². The van der Waals surface area contributed by atoms with Crippen LogP contribution in [0.1, 0.15) is 17.3 Å². The van der Waals surface area contributed by atoms with Crippen molar-refractivity contribution in [2.75, 3.05) is 12.4 Å². The summed E-state index contributed by atoms with van der Waals surface area (Å²) in [5.41, 5.74) is 1.85. The Balaban J connectivity index is 1.64. The average molecular weight is 383 g/mol. The summed E-state index contributed by atoms with van der Waals surface area (Å²) in [6.07, 6.45) is 2.00. The van der Waals surface area contributed by atoms with Gasteiger partial charge in [-0.05, 0) is 31.2 Å². The van der Waals surface area contributed by atoms with Crippen molar-refractivity contribution in [2.24, 2.45) is 0 Å². The zero-order valence-electron chi connectivity index (χ0n) is 14.7. The molecule has 27 heavy (non-hydrogen) atoms. The molecular formula is C19H17N3O4S. The highest BCUT2D eigenvalue weighted by atomic mass is 32.1. The van der Waals surface area contributed by atoms with Crippen molar-refractivity contribution in [3.8, 4) is 17.0 Å². The van der Waals surface area contributed by atoms with Crippen molar-refractivity contribution >= 4 is 28.3 Å². The minimum atomic E-state index is -0.968. The van der Waals surface area contributed by atoms with Crippen molar-refractivity contribution in [1.82, 2.24) is 9.97 Å². The number of hydrogen-bond acceptors (Lipinski definition) is 7. The van der Waals surface area contributed by atoms with E-state index in [0.717, 1.165) is 5.56 Å². The number of hydrogen-bond donors (Lipinski definition) is 1. The number of methoxy groups -OCH3 is 1. The van der Waals surface area contributed by atoms with Crippen LogP contribution < -0.4 is 10.1 Å². The quantitative estimate of drug-likeness (QED) is 0.656. The zero-order valence-corrected chi connectivity index (χ0v) is 15.5. The Bertz CT molecular complexity index is 943. The standard InChI is InChI=1S/C19H17N3O4S/c1-12(26-18(24)13-7-9-20-10-8-13)17(23)22-19-21-15(11-27-19)14-5-3-4-6-16(14)25-2/h3-12H,1-2H3,(H,21,22,23). The van der Waals surface area contributed by atoms with E-state index in [1.807, 2.05) is 29.6 Å². The third-order valence-corrected chi connectivity index (χ3v) is 4.44. The molecule has 0 aliphatic rings. The van der Waals surface area contributed by atoms with Crippen LogP contribution in [0.5, 0.6) is 5.75 Å². The Labute approximate surface area is 160 Å². The Morgan fingerprint density at radius 2 is 1.89 bits per heavy atom. The van der Waals surface area contributed by atoms with Crippen molar-refractivity contribution in [3.05, 3.63) is 59.7 Å². The minimum absolute atomic E-state index is 0.331. The van der Waals surface area contributed by atoms with Gasteiger partial charge in [0.15, 0.2) is 11.2 Å². The molecule has 138 valence electrons. The van der Waals surface area contributed by atoms with Crippen molar-refractivity contribution in [2.45, 2.75) is 13.0 Å². The molecule has 1 N–H and O–H groups in total. The topological polar surface area (TPSA) is 90.4 Å². The van der Waals surface area contributed by atoms with Crippen LogP contribution in [-0.2, 0) is 9.53 Å². The van der Waals surface area contributed by atoms with Gasteiger partial charge in [-0.25, -0.2) is 9.78 Å². The van der Waals surface area contributed by atoms with Gasteiger partial charge in [-0.1, -0.05) is 12.1 Å².